The van der Waals surface area contributed by atoms with E-state index in [9.17, 15) is 9.18 Å². The smallest absolute Gasteiger partial charge is 0.309 e. The number of nitrogens with zero attached hydrogens (tertiary/aromatic N) is 1. The van der Waals surface area contributed by atoms with Crippen LogP contribution < -0.4 is 0 Å². The molecule has 0 aliphatic carbocycles. The van der Waals surface area contributed by atoms with Crippen LogP contribution in [0.25, 0.3) is 11.0 Å². The molecule has 2 heterocycles. The summed E-state index contributed by atoms with van der Waals surface area (Å²) in [6.07, 6.45) is 0.985. The summed E-state index contributed by atoms with van der Waals surface area (Å²) in [5.74, 6) is -1.38. The standard InChI is InChI=1S/C9H7FN2O2/c10-5-1-8-7(11-4-5)2-6(12-8)3-9(13)14/h1-2,4,12H,3H2,(H,13,14). The van der Waals surface area contributed by atoms with E-state index in [1.54, 1.807) is 6.07 Å². The molecule has 72 valence electrons. The van der Waals surface area contributed by atoms with Gasteiger partial charge >= 0.3 is 5.97 Å². The van der Waals surface area contributed by atoms with E-state index in [2.05, 4.69) is 9.97 Å². The molecule has 0 saturated heterocycles. The van der Waals surface area contributed by atoms with Gasteiger partial charge in [-0.3, -0.25) is 9.78 Å². The van der Waals surface area contributed by atoms with E-state index >= 15 is 0 Å². The minimum atomic E-state index is -0.933. The van der Waals surface area contributed by atoms with Crippen molar-refractivity contribution in [3.63, 3.8) is 0 Å². The number of hydrogen-bond donors (Lipinski definition) is 2. The van der Waals surface area contributed by atoms with E-state index in [1.807, 2.05) is 0 Å². The van der Waals surface area contributed by atoms with E-state index in [4.69, 9.17) is 5.11 Å². The minimum absolute atomic E-state index is 0.113. The normalized spacial score (nSPS) is 10.6. The van der Waals surface area contributed by atoms with Crippen molar-refractivity contribution >= 4 is 17.0 Å². The quantitative estimate of drug-likeness (QED) is 0.757. The molecular formula is C9H7FN2O2. The Morgan fingerprint density at radius 3 is 3.07 bits per heavy atom. The lowest BCUT2D eigenvalue weighted by molar-refractivity contribution is -0.136. The molecule has 2 rings (SSSR count). The van der Waals surface area contributed by atoms with Crippen LogP contribution in [0, 0.1) is 5.82 Å². The van der Waals surface area contributed by atoms with Crippen molar-refractivity contribution in [2.45, 2.75) is 6.42 Å². The van der Waals surface area contributed by atoms with Crippen molar-refractivity contribution in [2.75, 3.05) is 0 Å². The number of nitrogens with one attached hydrogen (secondary N) is 1. The van der Waals surface area contributed by atoms with E-state index in [0.29, 0.717) is 16.7 Å². The highest BCUT2D eigenvalue weighted by Crippen LogP contribution is 2.13. The molecule has 0 amide bonds. The lowest BCUT2D eigenvalue weighted by atomic mass is 10.3. The van der Waals surface area contributed by atoms with E-state index in [-0.39, 0.29) is 6.42 Å². The summed E-state index contributed by atoms with van der Waals surface area (Å²) in [5.41, 5.74) is 1.61. The minimum Gasteiger partial charge on any atom is -0.481 e. The summed E-state index contributed by atoms with van der Waals surface area (Å²) >= 11 is 0. The Hall–Kier alpha value is -1.91. The molecule has 4 nitrogen and oxygen atoms in total. The number of carbonyl (C=O) groups is 1. The van der Waals surface area contributed by atoms with Gasteiger partial charge in [0.05, 0.1) is 23.7 Å². The number of aliphatic carboxylic acids is 1. The molecule has 0 atom stereocenters. The third kappa shape index (κ3) is 1.56. The topological polar surface area (TPSA) is 66.0 Å². The van der Waals surface area contributed by atoms with Gasteiger partial charge in [-0.05, 0) is 6.07 Å². The molecule has 0 aromatic carbocycles. The highest BCUT2D eigenvalue weighted by atomic mass is 19.1. The molecule has 0 aliphatic heterocycles. The highest BCUT2D eigenvalue weighted by Gasteiger charge is 2.06. The summed E-state index contributed by atoms with van der Waals surface area (Å²) in [7, 11) is 0. The second-order valence-electron chi connectivity index (χ2n) is 2.95. The number of H-pyrrole nitrogens is 1. The van der Waals surface area contributed by atoms with Crippen LogP contribution in [-0.4, -0.2) is 21.0 Å². The summed E-state index contributed by atoms with van der Waals surface area (Å²) in [5, 5.41) is 8.53. The Bertz CT molecular complexity index is 493. The molecule has 0 spiro atoms. The fourth-order valence-electron chi connectivity index (χ4n) is 1.30. The number of carboxylic acids is 1. The van der Waals surface area contributed by atoms with Gasteiger partial charge in [0.25, 0.3) is 0 Å². The number of hydrogen-bond acceptors (Lipinski definition) is 2. The van der Waals surface area contributed by atoms with Crippen LogP contribution in [0.1, 0.15) is 5.69 Å². The second kappa shape index (κ2) is 3.10. The molecule has 0 radical (unpaired) electrons. The van der Waals surface area contributed by atoms with Gasteiger partial charge in [0.15, 0.2) is 0 Å². The zero-order valence-electron chi connectivity index (χ0n) is 7.12. The van der Waals surface area contributed by atoms with Crippen LogP contribution in [0.15, 0.2) is 18.3 Å². The van der Waals surface area contributed by atoms with Crippen LogP contribution in [0.3, 0.4) is 0 Å². The zero-order valence-corrected chi connectivity index (χ0v) is 7.12. The zero-order chi connectivity index (χ0) is 10.1. The molecule has 5 heteroatoms. The van der Waals surface area contributed by atoms with Crippen molar-refractivity contribution < 1.29 is 14.3 Å². The van der Waals surface area contributed by atoms with Crippen LogP contribution in [0.2, 0.25) is 0 Å². The Morgan fingerprint density at radius 1 is 1.57 bits per heavy atom. The molecule has 2 aromatic rings. The van der Waals surface area contributed by atoms with Gasteiger partial charge in [0, 0.05) is 11.8 Å². The largest absolute Gasteiger partial charge is 0.481 e. The van der Waals surface area contributed by atoms with E-state index < -0.39 is 11.8 Å². The van der Waals surface area contributed by atoms with Gasteiger partial charge in [-0.2, -0.15) is 0 Å². The first kappa shape index (κ1) is 8.68. The molecule has 2 aromatic heterocycles. The molecule has 0 fully saturated rings. The van der Waals surface area contributed by atoms with Gasteiger partial charge in [0.1, 0.15) is 5.82 Å². The Kier molecular flexibility index (Phi) is 1.92. The maximum atomic E-state index is 12.7. The summed E-state index contributed by atoms with van der Waals surface area (Å²) in [6.45, 7) is 0. The first-order valence-electron chi connectivity index (χ1n) is 4.00. The molecule has 0 saturated carbocycles. The van der Waals surface area contributed by atoms with Crippen molar-refractivity contribution in [2.24, 2.45) is 0 Å². The third-order valence-corrected chi connectivity index (χ3v) is 1.83. The van der Waals surface area contributed by atoms with Crippen molar-refractivity contribution in [3.05, 3.63) is 29.8 Å². The first-order chi connectivity index (χ1) is 6.65. The first-order valence-corrected chi connectivity index (χ1v) is 4.00. The van der Waals surface area contributed by atoms with Gasteiger partial charge in [0.2, 0.25) is 0 Å². The van der Waals surface area contributed by atoms with Gasteiger partial charge in [-0.1, -0.05) is 0 Å². The van der Waals surface area contributed by atoms with Crippen molar-refractivity contribution in [3.8, 4) is 0 Å². The fourth-order valence-corrected chi connectivity index (χ4v) is 1.30. The summed E-state index contributed by atoms with van der Waals surface area (Å²) in [6, 6.07) is 2.89. The second-order valence-corrected chi connectivity index (χ2v) is 2.95. The number of aromatic amines is 1. The SMILES string of the molecule is O=C(O)Cc1cc2ncc(F)cc2[nH]1. The predicted octanol–water partition coefficient (Wildman–Crippen LogP) is 1.33. The average Bonchev–Trinajstić information content (AvgIpc) is 2.44. The van der Waals surface area contributed by atoms with Crippen LogP contribution in [-0.2, 0) is 11.2 Å². The number of aromatic nitrogens is 2. The molecule has 0 aliphatic rings. The third-order valence-electron chi connectivity index (χ3n) is 1.83. The molecular weight excluding hydrogens is 187 g/mol. The van der Waals surface area contributed by atoms with Crippen LogP contribution >= 0.6 is 0 Å². The van der Waals surface area contributed by atoms with Gasteiger partial charge < -0.3 is 10.1 Å². The number of halogens is 1. The Labute approximate surface area is 78.4 Å². The van der Waals surface area contributed by atoms with Crippen molar-refractivity contribution in [1.29, 1.82) is 0 Å². The molecule has 14 heavy (non-hydrogen) atoms. The van der Waals surface area contributed by atoms with Crippen LogP contribution in [0.5, 0.6) is 0 Å². The number of rotatable bonds is 2. The van der Waals surface area contributed by atoms with Gasteiger partial charge in [-0.15, -0.1) is 0 Å². The van der Waals surface area contributed by atoms with E-state index in [0.717, 1.165) is 6.20 Å². The molecule has 0 bridgehead atoms. The lowest BCUT2D eigenvalue weighted by Gasteiger charge is -1.88. The van der Waals surface area contributed by atoms with Crippen LogP contribution in [0.4, 0.5) is 4.39 Å². The predicted molar refractivity (Wildman–Crippen MR) is 47.4 cm³/mol. The van der Waals surface area contributed by atoms with Crippen molar-refractivity contribution in [1.82, 2.24) is 9.97 Å². The van der Waals surface area contributed by atoms with Gasteiger partial charge in [-0.25, -0.2) is 4.39 Å². The fraction of sp³-hybridized carbons (Fsp3) is 0.111. The Balaban J connectivity index is 2.46. The summed E-state index contributed by atoms with van der Waals surface area (Å²) in [4.78, 5) is 17.0. The maximum Gasteiger partial charge on any atom is 0.309 e. The number of fused-ring (bicyclic) bond motifs is 1. The highest BCUT2D eigenvalue weighted by molar-refractivity contribution is 5.78. The lowest BCUT2D eigenvalue weighted by Crippen LogP contribution is -1.99. The summed E-state index contributed by atoms with van der Waals surface area (Å²) < 4.78 is 12.7. The monoisotopic (exact) mass is 194 g/mol. The Morgan fingerprint density at radius 2 is 2.36 bits per heavy atom. The maximum absolute atomic E-state index is 12.7. The number of pyridine rings is 1. The molecule has 0 unspecified atom stereocenters. The average molecular weight is 194 g/mol. The molecule has 2 N–H and O–H groups in total. The number of carboxylic acid groups (broad SMARTS) is 1. The van der Waals surface area contributed by atoms with E-state index in [1.165, 1.54) is 6.07 Å².